The number of pyridine rings is 1. The van der Waals surface area contributed by atoms with Gasteiger partial charge in [-0.2, -0.15) is 5.10 Å². The molecular formula is C28H31FN4O4. The predicted molar refractivity (Wildman–Crippen MR) is 137 cm³/mol. The molecule has 3 aromatic heterocycles. The van der Waals surface area contributed by atoms with Gasteiger partial charge < -0.3 is 19.1 Å². The van der Waals surface area contributed by atoms with E-state index in [0.717, 1.165) is 40.5 Å². The van der Waals surface area contributed by atoms with Crippen molar-refractivity contribution in [3.63, 3.8) is 0 Å². The van der Waals surface area contributed by atoms with Gasteiger partial charge in [-0.25, -0.2) is 14.2 Å². The monoisotopic (exact) mass is 506 g/mol. The molecule has 4 aromatic rings. The van der Waals surface area contributed by atoms with Crippen molar-refractivity contribution in [3.8, 4) is 5.69 Å². The summed E-state index contributed by atoms with van der Waals surface area (Å²) in [4.78, 5) is 17.1. The Balaban J connectivity index is 1.60. The summed E-state index contributed by atoms with van der Waals surface area (Å²) in [6.07, 6.45) is 5.76. The number of nitrogens with one attached hydrogen (secondary N) is 1. The van der Waals surface area contributed by atoms with E-state index >= 15 is 0 Å². The summed E-state index contributed by atoms with van der Waals surface area (Å²) in [6.45, 7) is 3.15. The fourth-order valence-corrected chi connectivity index (χ4v) is 6.31. The van der Waals surface area contributed by atoms with Gasteiger partial charge in [-0.05, 0) is 81.2 Å². The van der Waals surface area contributed by atoms with Crippen LogP contribution in [0, 0.1) is 12.7 Å². The van der Waals surface area contributed by atoms with Gasteiger partial charge in [-0.1, -0.05) is 0 Å². The van der Waals surface area contributed by atoms with Crippen molar-refractivity contribution in [3.05, 3.63) is 53.1 Å². The third-order valence-corrected chi connectivity index (χ3v) is 8.41. The Hall–Kier alpha value is -3.30. The lowest BCUT2D eigenvalue weighted by atomic mass is 9.74. The number of carbonyl (C=O) groups is 1. The number of hydrogen-bond acceptors (Lipinski definition) is 5. The fourth-order valence-electron chi connectivity index (χ4n) is 6.31. The Morgan fingerprint density at radius 3 is 2.62 bits per heavy atom. The average Bonchev–Trinajstić information content (AvgIpc) is 3.51. The number of nitrogens with zero attached hydrogens (tertiary/aromatic N) is 3. The van der Waals surface area contributed by atoms with Gasteiger partial charge in [0.2, 0.25) is 0 Å². The summed E-state index contributed by atoms with van der Waals surface area (Å²) in [5, 5.41) is 18.0. The lowest BCUT2D eigenvalue weighted by Crippen LogP contribution is -2.43. The molecule has 4 heterocycles. The highest BCUT2D eigenvalue weighted by Crippen LogP contribution is 2.48. The van der Waals surface area contributed by atoms with Crippen molar-refractivity contribution in [2.24, 2.45) is 0 Å². The van der Waals surface area contributed by atoms with Crippen LogP contribution in [0.4, 0.5) is 4.39 Å². The Bertz CT molecular complexity index is 1480. The van der Waals surface area contributed by atoms with E-state index in [9.17, 15) is 14.3 Å². The molecule has 1 aliphatic heterocycles. The molecule has 8 nitrogen and oxygen atoms in total. The van der Waals surface area contributed by atoms with Crippen LogP contribution in [0.25, 0.3) is 27.8 Å². The summed E-state index contributed by atoms with van der Waals surface area (Å²) in [5.74, 6) is -0.771. The summed E-state index contributed by atoms with van der Waals surface area (Å²) in [6, 6.07) is 7.34. The van der Waals surface area contributed by atoms with E-state index in [1.807, 2.05) is 12.1 Å². The van der Waals surface area contributed by atoms with Crippen LogP contribution in [0.5, 0.6) is 0 Å². The molecule has 9 heteroatoms. The average molecular weight is 507 g/mol. The second-order valence-electron chi connectivity index (χ2n) is 10.4. The first kappa shape index (κ1) is 24.1. The van der Waals surface area contributed by atoms with Crippen LogP contribution in [-0.2, 0) is 14.3 Å². The number of aliphatic carboxylic acids is 1. The molecule has 0 amide bonds. The lowest BCUT2D eigenvalue weighted by molar-refractivity contribution is -0.166. The first-order valence-corrected chi connectivity index (χ1v) is 12.9. The predicted octanol–water partition coefficient (Wildman–Crippen LogP) is 5.37. The van der Waals surface area contributed by atoms with Gasteiger partial charge in [0.25, 0.3) is 0 Å². The van der Waals surface area contributed by atoms with E-state index in [1.54, 1.807) is 13.1 Å². The molecule has 1 aromatic carbocycles. The number of ether oxygens (including phenoxy) is 2. The van der Waals surface area contributed by atoms with Crippen molar-refractivity contribution in [1.29, 1.82) is 0 Å². The largest absolute Gasteiger partial charge is 0.479 e. The molecule has 2 fully saturated rings. The number of H-pyrrole nitrogens is 1. The van der Waals surface area contributed by atoms with Gasteiger partial charge in [-0.3, -0.25) is 5.10 Å². The number of rotatable bonds is 5. The van der Waals surface area contributed by atoms with Crippen LogP contribution >= 0.6 is 0 Å². The highest BCUT2D eigenvalue weighted by molar-refractivity contribution is 5.93. The summed E-state index contributed by atoms with van der Waals surface area (Å²) in [5.41, 5.74) is 5.24. The van der Waals surface area contributed by atoms with Crippen LogP contribution in [0.15, 0.2) is 30.5 Å². The van der Waals surface area contributed by atoms with Gasteiger partial charge in [-0.15, -0.1) is 0 Å². The smallest absolute Gasteiger partial charge is 0.335 e. The minimum Gasteiger partial charge on any atom is -0.479 e. The number of carboxylic acid groups (broad SMARTS) is 1. The second kappa shape index (κ2) is 9.22. The van der Waals surface area contributed by atoms with Gasteiger partial charge in [0.05, 0.1) is 17.2 Å². The van der Waals surface area contributed by atoms with E-state index in [0.29, 0.717) is 50.1 Å². The molecule has 2 N–H and O–H groups in total. The number of aryl methyl sites for hydroxylation is 1. The zero-order chi connectivity index (χ0) is 25.7. The van der Waals surface area contributed by atoms with Crippen LogP contribution in [0.2, 0.25) is 0 Å². The van der Waals surface area contributed by atoms with E-state index in [4.69, 9.17) is 14.5 Å². The zero-order valence-electron chi connectivity index (χ0n) is 21.1. The third-order valence-electron chi connectivity index (χ3n) is 8.41. The number of halogens is 1. The van der Waals surface area contributed by atoms with Crippen LogP contribution in [0.1, 0.15) is 67.2 Å². The number of benzene rings is 1. The summed E-state index contributed by atoms with van der Waals surface area (Å²) >= 11 is 0. The quantitative estimate of drug-likeness (QED) is 0.377. The maximum absolute atomic E-state index is 14.3. The standard InChI is InChI=1S/C28H31FN4O4/c1-16-13-20(3-4-21(16)29)33-22-14-19-15-30-32-26(19)31-24(22)23(25(33)18-7-11-37-12-8-18)17-5-9-28(36-2,10-6-17)27(34)35/h3-4,13-15,17-18H,5-12H2,1-2H3,(H,34,35)(H,30,31,32). The van der Waals surface area contributed by atoms with E-state index < -0.39 is 11.6 Å². The Morgan fingerprint density at radius 2 is 1.95 bits per heavy atom. The molecule has 194 valence electrons. The number of methoxy groups -OCH3 is 1. The van der Waals surface area contributed by atoms with Crippen molar-refractivity contribution < 1.29 is 23.8 Å². The number of aromatic amines is 1. The van der Waals surface area contributed by atoms with E-state index in [-0.39, 0.29) is 17.7 Å². The van der Waals surface area contributed by atoms with E-state index in [1.165, 1.54) is 18.9 Å². The summed E-state index contributed by atoms with van der Waals surface area (Å²) < 4.78 is 27.8. The molecule has 6 rings (SSSR count). The van der Waals surface area contributed by atoms with Crippen LogP contribution in [-0.4, -0.2) is 56.7 Å². The molecule has 0 spiro atoms. The lowest BCUT2D eigenvalue weighted by Gasteiger charge is -2.36. The SMILES string of the molecule is COC1(C(=O)O)CCC(c2c(C3CCOCC3)n(-c3ccc(F)c(C)c3)c3cc4cn[nH]c4nc23)CC1. The molecule has 1 saturated heterocycles. The Labute approximate surface area is 213 Å². The van der Waals surface area contributed by atoms with Crippen LogP contribution < -0.4 is 0 Å². The van der Waals surface area contributed by atoms with Crippen molar-refractivity contribution in [2.45, 2.75) is 62.9 Å². The van der Waals surface area contributed by atoms with Gasteiger partial charge in [0, 0.05) is 48.6 Å². The zero-order valence-corrected chi connectivity index (χ0v) is 21.1. The highest BCUT2D eigenvalue weighted by atomic mass is 19.1. The highest BCUT2D eigenvalue weighted by Gasteiger charge is 2.44. The Kier molecular flexibility index (Phi) is 6.00. The molecule has 0 unspecified atom stereocenters. The maximum Gasteiger partial charge on any atom is 0.335 e. The molecule has 0 atom stereocenters. The minimum absolute atomic E-state index is 0.124. The van der Waals surface area contributed by atoms with E-state index in [2.05, 4.69) is 20.8 Å². The van der Waals surface area contributed by atoms with Gasteiger partial charge >= 0.3 is 5.97 Å². The minimum atomic E-state index is -1.15. The number of carboxylic acids is 1. The molecular weight excluding hydrogens is 475 g/mol. The molecule has 1 saturated carbocycles. The molecule has 1 aliphatic carbocycles. The summed E-state index contributed by atoms with van der Waals surface area (Å²) in [7, 11) is 1.49. The normalized spacial score (nSPS) is 23.2. The molecule has 0 bridgehead atoms. The Morgan fingerprint density at radius 1 is 1.19 bits per heavy atom. The van der Waals surface area contributed by atoms with Crippen molar-refractivity contribution in [2.75, 3.05) is 20.3 Å². The molecule has 37 heavy (non-hydrogen) atoms. The molecule has 0 radical (unpaired) electrons. The van der Waals surface area contributed by atoms with Gasteiger partial charge in [0.1, 0.15) is 5.82 Å². The third kappa shape index (κ3) is 3.92. The first-order valence-electron chi connectivity index (χ1n) is 12.9. The van der Waals surface area contributed by atoms with Gasteiger partial charge in [0.15, 0.2) is 11.2 Å². The van der Waals surface area contributed by atoms with Crippen LogP contribution in [0.3, 0.4) is 0 Å². The van der Waals surface area contributed by atoms with Crippen molar-refractivity contribution in [1.82, 2.24) is 19.7 Å². The number of aromatic nitrogens is 4. The topological polar surface area (TPSA) is 102 Å². The number of hydrogen-bond donors (Lipinski definition) is 2. The first-order chi connectivity index (χ1) is 17.9. The molecule has 2 aliphatic rings. The second-order valence-corrected chi connectivity index (χ2v) is 10.4. The number of fused-ring (bicyclic) bond motifs is 2. The fraction of sp³-hybridized carbons (Fsp3) is 0.464. The maximum atomic E-state index is 14.3. The van der Waals surface area contributed by atoms with Crippen molar-refractivity contribution >= 4 is 28.0 Å².